The zero-order valence-electron chi connectivity index (χ0n) is 17.4. The average molecular weight is 414 g/mol. The normalized spacial score (nSPS) is 14.3. The maximum Gasteiger partial charge on any atom is 0.221 e. The van der Waals surface area contributed by atoms with Gasteiger partial charge in [0.2, 0.25) is 5.95 Å². The molecule has 1 saturated heterocycles. The summed E-state index contributed by atoms with van der Waals surface area (Å²) in [7, 11) is 0. The van der Waals surface area contributed by atoms with E-state index in [1.807, 2.05) is 6.07 Å². The Morgan fingerprint density at radius 3 is 2.84 bits per heavy atom. The highest BCUT2D eigenvalue weighted by Gasteiger charge is 2.12. The molecule has 5 rings (SSSR count). The molecule has 7 heteroatoms. The summed E-state index contributed by atoms with van der Waals surface area (Å²) in [4.78, 5) is 14.6. The van der Waals surface area contributed by atoms with Crippen molar-refractivity contribution in [1.29, 1.82) is 0 Å². The van der Waals surface area contributed by atoms with Gasteiger partial charge in [0.1, 0.15) is 5.82 Å². The minimum atomic E-state index is 0.279. The van der Waals surface area contributed by atoms with Gasteiger partial charge in [0.25, 0.3) is 0 Å². The lowest BCUT2D eigenvalue weighted by atomic mass is 10.0. The van der Waals surface area contributed by atoms with E-state index < -0.39 is 0 Å². The smallest absolute Gasteiger partial charge is 0.221 e. The lowest BCUT2D eigenvalue weighted by Gasteiger charge is -2.15. The van der Waals surface area contributed by atoms with Crippen molar-refractivity contribution >= 4 is 22.7 Å². The van der Waals surface area contributed by atoms with Crippen molar-refractivity contribution in [3.8, 4) is 22.4 Å². The summed E-state index contributed by atoms with van der Waals surface area (Å²) in [5.74, 6) is 1.06. The van der Waals surface area contributed by atoms with Gasteiger partial charge >= 0.3 is 0 Å². The van der Waals surface area contributed by atoms with E-state index >= 15 is 0 Å². The minimum absolute atomic E-state index is 0.279. The van der Waals surface area contributed by atoms with Crippen molar-refractivity contribution in [2.45, 2.75) is 6.42 Å². The first-order chi connectivity index (χ1) is 15.3. The molecule has 0 spiro atoms. The van der Waals surface area contributed by atoms with E-state index in [9.17, 15) is 0 Å². The third-order valence-electron chi connectivity index (χ3n) is 5.71. The van der Waals surface area contributed by atoms with Crippen LogP contribution in [0.25, 0.3) is 33.3 Å². The first-order valence-electron chi connectivity index (χ1n) is 10.7. The molecule has 0 amide bonds. The van der Waals surface area contributed by atoms with Crippen molar-refractivity contribution in [3.63, 3.8) is 0 Å². The molecule has 0 aliphatic carbocycles. The fourth-order valence-corrected chi connectivity index (χ4v) is 4.08. The summed E-state index contributed by atoms with van der Waals surface area (Å²) in [5.41, 5.74) is 11.2. The van der Waals surface area contributed by atoms with Crippen LogP contribution in [0, 0.1) is 0 Å². The van der Waals surface area contributed by atoms with Crippen LogP contribution >= 0.6 is 0 Å². The van der Waals surface area contributed by atoms with Crippen LogP contribution in [0.15, 0.2) is 60.8 Å². The number of aromatic nitrogens is 3. The molecule has 0 bridgehead atoms. The molecule has 0 atom stereocenters. The molecule has 158 valence electrons. The van der Waals surface area contributed by atoms with Crippen LogP contribution in [0.2, 0.25) is 0 Å². The van der Waals surface area contributed by atoms with Crippen LogP contribution in [-0.2, 0) is 0 Å². The molecule has 1 fully saturated rings. The number of rotatable bonds is 7. The number of para-hydroxylation sites is 1. The Kier molecular flexibility index (Phi) is 5.52. The molecule has 0 saturated carbocycles. The van der Waals surface area contributed by atoms with E-state index in [0.29, 0.717) is 0 Å². The highest BCUT2D eigenvalue weighted by Crippen LogP contribution is 2.31. The molecule has 1 aliphatic heterocycles. The highest BCUT2D eigenvalue weighted by atomic mass is 15.3. The SMILES string of the molecule is Nc1ncc(-c2cccc(-c3cc4ccccc4[nH]3)c2)c(NCCCN2CCNC2)n1. The van der Waals surface area contributed by atoms with Gasteiger partial charge in [-0.2, -0.15) is 4.98 Å². The summed E-state index contributed by atoms with van der Waals surface area (Å²) in [5, 5.41) is 8.04. The van der Waals surface area contributed by atoms with Gasteiger partial charge in [0.15, 0.2) is 0 Å². The molecule has 5 N–H and O–H groups in total. The van der Waals surface area contributed by atoms with Gasteiger partial charge in [-0.3, -0.25) is 4.90 Å². The number of nitrogen functional groups attached to an aromatic ring is 1. The van der Waals surface area contributed by atoms with E-state index in [2.05, 4.69) is 79.0 Å². The second-order valence-corrected chi connectivity index (χ2v) is 7.90. The monoisotopic (exact) mass is 413 g/mol. The molecule has 0 unspecified atom stereocenters. The fraction of sp³-hybridized carbons (Fsp3) is 0.250. The summed E-state index contributed by atoms with van der Waals surface area (Å²) < 4.78 is 0. The number of fused-ring (bicyclic) bond motifs is 1. The standard InChI is InChI=1S/C24H27N7/c25-24-28-15-20(23(30-24)27-9-4-11-31-12-10-26-16-31)17-6-3-7-18(13-17)22-14-19-5-1-2-8-21(19)29-22/h1-3,5-8,13-15,26,29H,4,9-12,16H2,(H3,25,27,28,30). The number of H-pyrrole nitrogens is 1. The number of hydrogen-bond acceptors (Lipinski definition) is 6. The number of nitrogens with one attached hydrogen (secondary N) is 3. The van der Waals surface area contributed by atoms with Gasteiger partial charge in [-0.25, -0.2) is 4.98 Å². The lowest BCUT2D eigenvalue weighted by Crippen LogP contribution is -2.24. The molecule has 1 aliphatic rings. The third-order valence-corrected chi connectivity index (χ3v) is 5.71. The van der Waals surface area contributed by atoms with E-state index in [1.54, 1.807) is 6.20 Å². The molecule has 4 aromatic rings. The largest absolute Gasteiger partial charge is 0.369 e. The van der Waals surface area contributed by atoms with Crippen molar-refractivity contribution in [1.82, 2.24) is 25.2 Å². The lowest BCUT2D eigenvalue weighted by molar-refractivity contribution is 0.333. The zero-order chi connectivity index (χ0) is 21.0. The van der Waals surface area contributed by atoms with E-state index in [-0.39, 0.29) is 5.95 Å². The van der Waals surface area contributed by atoms with E-state index in [0.717, 1.165) is 73.0 Å². The molecule has 3 heterocycles. The first kappa shape index (κ1) is 19.5. The maximum atomic E-state index is 5.89. The third kappa shape index (κ3) is 4.38. The Balaban J connectivity index is 1.37. The van der Waals surface area contributed by atoms with Gasteiger partial charge in [0.05, 0.1) is 0 Å². The molecule has 2 aromatic carbocycles. The maximum absolute atomic E-state index is 5.89. The number of nitrogens with zero attached hydrogens (tertiary/aromatic N) is 3. The Hall–Kier alpha value is -3.42. The Bertz CT molecular complexity index is 1140. The highest BCUT2D eigenvalue weighted by molar-refractivity contribution is 5.87. The van der Waals surface area contributed by atoms with E-state index in [4.69, 9.17) is 5.73 Å². The average Bonchev–Trinajstić information content (AvgIpc) is 3.47. The fourth-order valence-electron chi connectivity index (χ4n) is 4.08. The van der Waals surface area contributed by atoms with E-state index in [1.165, 1.54) is 5.39 Å². The van der Waals surface area contributed by atoms with Crippen molar-refractivity contribution in [3.05, 3.63) is 60.8 Å². The summed E-state index contributed by atoms with van der Waals surface area (Å²) in [6.45, 7) is 5.07. The predicted octanol–water partition coefficient (Wildman–Crippen LogP) is 3.54. The van der Waals surface area contributed by atoms with Crippen molar-refractivity contribution in [2.75, 3.05) is 43.9 Å². The second-order valence-electron chi connectivity index (χ2n) is 7.90. The summed E-state index contributed by atoms with van der Waals surface area (Å²) in [6, 6.07) is 18.9. The molecular weight excluding hydrogens is 386 g/mol. The van der Waals surface area contributed by atoms with Crippen LogP contribution in [0.5, 0.6) is 0 Å². The van der Waals surface area contributed by atoms with Crippen molar-refractivity contribution in [2.24, 2.45) is 0 Å². The number of nitrogens with two attached hydrogens (primary N) is 1. The zero-order valence-corrected chi connectivity index (χ0v) is 17.4. The molecule has 0 radical (unpaired) electrons. The summed E-state index contributed by atoms with van der Waals surface area (Å²) in [6.07, 6.45) is 2.85. The van der Waals surface area contributed by atoms with Crippen LogP contribution in [0.1, 0.15) is 6.42 Å². The minimum Gasteiger partial charge on any atom is -0.369 e. The predicted molar refractivity (Wildman–Crippen MR) is 127 cm³/mol. The van der Waals surface area contributed by atoms with Gasteiger partial charge in [-0.15, -0.1) is 0 Å². The molecule has 7 nitrogen and oxygen atoms in total. The number of hydrogen-bond donors (Lipinski definition) is 4. The molecule has 2 aromatic heterocycles. The number of aromatic amines is 1. The quantitative estimate of drug-likeness (QED) is 0.346. The first-order valence-corrected chi connectivity index (χ1v) is 10.7. The molecule has 31 heavy (non-hydrogen) atoms. The van der Waals surface area contributed by atoms with Crippen LogP contribution < -0.4 is 16.4 Å². The molecular formula is C24H27N7. The second kappa shape index (κ2) is 8.75. The van der Waals surface area contributed by atoms with Gasteiger partial charge in [-0.05, 0) is 35.7 Å². The number of anilines is 2. The number of benzene rings is 2. The topological polar surface area (TPSA) is 94.9 Å². The Morgan fingerprint density at radius 1 is 1.06 bits per heavy atom. The van der Waals surface area contributed by atoms with Gasteiger partial charge in [-0.1, -0.05) is 36.4 Å². The van der Waals surface area contributed by atoms with Crippen LogP contribution in [0.3, 0.4) is 0 Å². The Morgan fingerprint density at radius 2 is 1.97 bits per heavy atom. The van der Waals surface area contributed by atoms with Crippen LogP contribution in [-0.4, -0.2) is 52.7 Å². The van der Waals surface area contributed by atoms with Gasteiger partial charge < -0.3 is 21.4 Å². The van der Waals surface area contributed by atoms with Gasteiger partial charge in [0, 0.05) is 61.2 Å². The summed E-state index contributed by atoms with van der Waals surface area (Å²) >= 11 is 0. The van der Waals surface area contributed by atoms with Crippen molar-refractivity contribution < 1.29 is 0 Å². The van der Waals surface area contributed by atoms with Crippen LogP contribution in [0.4, 0.5) is 11.8 Å². The Labute approximate surface area is 181 Å².